The molecule has 123 valence electrons. The van der Waals surface area contributed by atoms with Crippen molar-refractivity contribution in [2.24, 2.45) is 0 Å². The summed E-state index contributed by atoms with van der Waals surface area (Å²) in [5.41, 5.74) is 4.40. The standard InChI is InChI=1S/C17H22N.3ClH.Ti/c1-3-18(4-2)14-13-16-11-8-12-17(16)15-9-6-5-7-10-15;;;;/h5-7,9-10,12H,3-4,8,13-14H2,1-2H3;3*1H;. The molecule has 2 rings (SSSR count). The third kappa shape index (κ3) is 6.39. The van der Waals surface area contributed by atoms with E-state index in [9.17, 15) is 0 Å². The maximum absolute atomic E-state index is 2.50. The Bertz CT molecular complexity index is 482. The van der Waals surface area contributed by atoms with E-state index in [1.54, 1.807) is 9.45 Å². The van der Waals surface area contributed by atoms with Crippen LogP contribution in [0.15, 0.2) is 45.9 Å². The van der Waals surface area contributed by atoms with E-state index in [-0.39, 0.29) is 37.2 Å². The Morgan fingerprint density at radius 2 is 1.59 bits per heavy atom. The van der Waals surface area contributed by atoms with Gasteiger partial charge in [0.15, 0.2) is 0 Å². The van der Waals surface area contributed by atoms with Crippen LogP contribution in [0, 0.1) is 0 Å². The molecule has 0 amide bonds. The Labute approximate surface area is 165 Å². The average molecular weight is 398 g/mol. The second-order valence-electron chi connectivity index (χ2n) is 4.92. The fraction of sp³-hybridized carbons (Fsp3) is 0.412. The zero-order valence-electron chi connectivity index (χ0n) is 13.2. The van der Waals surface area contributed by atoms with Crippen molar-refractivity contribution in [1.82, 2.24) is 4.90 Å². The molecule has 22 heavy (non-hydrogen) atoms. The van der Waals surface area contributed by atoms with Gasteiger partial charge in [-0.2, -0.15) is 0 Å². The van der Waals surface area contributed by atoms with Gasteiger partial charge in [0.2, 0.25) is 0 Å². The monoisotopic (exact) mass is 396 g/mol. The SMILES string of the molecule is CCN(CC)CCC1=[C]([Ti])CC=C1c1ccccc1.Cl.Cl.Cl. The summed E-state index contributed by atoms with van der Waals surface area (Å²) in [6, 6.07) is 10.8. The van der Waals surface area contributed by atoms with Gasteiger partial charge < -0.3 is 0 Å². The Morgan fingerprint density at radius 3 is 2.14 bits per heavy atom. The molecule has 0 N–H and O–H groups in total. The number of rotatable bonds is 6. The van der Waals surface area contributed by atoms with Crippen LogP contribution in [0.2, 0.25) is 0 Å². The minimum Gasteiger partial charge on any atom is -0.147 e. The number of hydrogen-bond donors (Lipinski definition) is 0. The molecular formula is C17H25Cl3NTi. The van der Waals surface area contributed by atoms with Crippen LogP contribution in [-0.2, 0) is 20.4 Å². The molecule has 1 aromatic carbocycles. The van der Waals surface area contributed by atoms with Crippen molar-refractivity contribution < 1.29 is 20.4 Å². The van der Waals surface area contributed by atoms with Crippen LogP contribution in [0.5, 0.6) is 0 Å². The van der Waals surface area contributed by atoms with Crippen molar-refractivity contribution >= 4 is 42.8 Å². The molecule has 0 atom stereocenters. The Kier molecular flexibility index (Phi) is 14.1. The summed E-state index contributed by atoms with van der Waals surface area (Å²) in [7, 11) is 0. The van der Waals surface area contributed by atoms with E-state index in [4.69, 9.17) is 0 Å². The smallest absolute Gasteiger partial charge is 0.147 e. The van der Waals surface area contributed by atoms with Gasteiger partial charge in [0.25, 0.3) is 0 Å². The average Bonchev–Trinajstić information content (AvgIpc) is 2.82. The predicted molar refractivity (Wildman–Crippen MR) is 100 cm³/mol. The first kappa shape index (κ1) is 24.5. The third-order valence-corrected chi connectivity index (χ3v) is 4.65. The van der Waals surface area contributed by atoms with E-state index in [1.807, 2.05) is 0 Å². The van der Waals surface area contributed by atoms with Gasteiger partial charge in [-0.25, -0.2) is 0 Å². The van der Waals surface area contributed by atoms with Gasteiger partial charge in [0.1, 0.15) is 0 Å². The van der Waals surface area contributed by atoms with E-state index in [1.165, 1.54) is 24.1 Å². The molecular weight excluding hydrogens is 372 g/mol. The quantitative estimate of drug-likeness (QED) is 0.591. The molecule has 0 aliphatic heterocycles. The topological polar surface area (TPSA) is 3.24 Å². The van der Waals surface area contributed by atoms with Gasteiger partial charge in [-0.15, -0.1) is 37.2 Å². The Morgan fingerprint density at radius 1 is 1.00 bits per heavy atom. The first-order chi connectivity index (χ1) is 9.26. The molecule has 0 unspecified atom stereocenters. The summed E-state index contributed by atoms with van der Waals surface area (Å²) in [6.45, 7) is 7.95. The van der Waals surface area contributed by atoms with Gasteiger partial charge in [0, 0.05) is 0 Å². The van der Waals surface area contributed by atoms with Crippen LogP contribution in [-0.4, -0.2) is 24.5 Å². The number of halogens is 3. The molecule has 1 nitrogen and oxygen atoms in total. The van der Waals surface area contributed by atoms with Crippen molar-refractivity contribution in [3.05, 3.63) is 51.4 Å². The first-order valence-corrected chi connectivity index (χ1v) is 7.96. The Hall–Kier alpha value is 0.244. The van der Waals surface area contributed by atoms with Crippen LogP contribution in [0.4, 0.5) is 0 Å². The van der Waals surface area contributed by atoms with Crippen molar-refractivity contribution in [1.29, 1.82) is 0 Å². The zero-order chi connectivity index (χ0) is 13.7. The molecule has 1 aliphatic carbocycles. The predicted octanol–water partition coefficient (Wildman–Crippen LogP) is 5.27. The molecule has 0 fully saturated rings. The summed E-state index contributed by atoms with van der Waals surface area (Å²) >= 11 is 2.28. The maximum atomic E-state index is 2.50. The van der Waals surface area contributed by atoms with Gasteiger partial charge >= 0.3 is 129 Å². The third-order valence-electron chi connectivity index (χ3n) is 3.86. The molecule has 0 heterocycles. The Balaban J connectivity index is 0. The summed E-state index contributed by atoms with van der Waals surface area (Å²) in [5.74, 6) is 0. The van der Waals surface area contributed by atoms with E-state index < -0.39 is 0 Å². The van der Waals surface area contributed by atoms with Crippen LogP contribution in [0.1, 0.15) is 32.3 Å². The molecule has 0 saturated carbocycles. The van der Waals surface area contributed by atoms with Crippen molar-refractivity contribution in [3.8, 4) is 0 Å². The van der Waals surface area contributed by atoms with E-state index in [0.717, 1.165) is 19.5 Å². The first-order valence-electron chi connectivity index (χ1n) is 7.18. The zero-order valence-corrected chi connectivity index (χ0v) is 17.2. The van der Waals surface area contributed by atoms with Crippen LogP contribution in [0.25, 0.3) is 5.57 Å². The largest absolute Gasteiger partial charge is 0.147 e. The molecule has 0 spiro atoms. The molecule has 0 saturated heterocycles. The van der Waals surface area contributed by atoms with Crippen LogP contribution >= 0.6 is 37.2 Å². The second kappa shape index (κ2) is 12.6. The molecule has 0 radical (unpaired) electrons. The molecule has 1 aromatic rings. The number of nitrogens with zero attached hydrogens (tertiary/aromatic N) is 1. The molecule has 5 heteroatoms. The molecule has 0 bridgehead atoms. The number of allylic oxidation sites excluding steroid dienone is 3. The van der Waals surface area contributed by atoms with Crippen molar-refractivity contribution in [2.75, 3.05) is 19.6 Å². The second-order valence-corrected chi connectivity index (χ2v) is 5.86. The summed E-state index contributed by atoms with van der Waals surface area (Å²) in [4.78, 5) is 2.50. The minimum atomic E-state index is 0. The van der Waals surface area contributed by atoms with Crippen LogP contribution < -0.4 is 0 Å². The fourth-order valence-corrected chi connectivity index (χ4v) is 3.18. The summed E-state index contributed by atoms with van der Waals surface area (Å²) < 4.78 is 1.55. The number of hydrogen-bond acceptors (Lipinski definition) is 1. The minimum absolute atomic E-state index is 0. The van der Waals surface area contributed by atoms with E-state index >= 15 is 0 Å². The summed E-state index contributed by atoms with van der Waals surface area (Å²) in [5, 5.41) is 0. The van der Waals surface area contributed by atoms with Gasteiger partial charge in [-0.1, -0.05) is 0 Å². The maximum Gasteiger partial charge on any atom is -0.147 e. The van der Waals surface area contributed by atoms with E-state index in [0.29, 0.717) is 0 Å². The van der Waals surface area contributed by atoms with Gasteiger partial charge in [-0.3, -0.25) is 0 Å². The van der Waals surface area contributed by atoms with E-state index in [2.05, 4.69) is 75.6 Å². The van der Waals surface area contributed by atoms with Crippen LogP contribution in [0.3, 0.4) is 0 Å². The fourth-order valence-electron chi connectivity index (χ4n) is 2.62. The van der Waals surface area contributed by atoms with Gasteiger partial charge in [-0.05, 0) is 0 Å². The summed E-state index contributed by atoms with van der Waals surface area (Å²) in [6.07, 6.45) is 4.69. The molecule has 1 aliphatic rings. The normalized spacial score (nSPS) is 13.1. The van der Waals surface area contributed by atoms with Crippen molar-refractivity contribution in [3.63, 3.8) is 0 Å². The molecule has 0 aromatic heterocycles. The van der Waals surface area contributed by atoms with Gasteiger partial charge in [0.05, 0.1) is 0 Å². The van der Waals surface area contributed by atoms with Crippen molar-refractivity contribution in [2.45, 2.75) is 26.7 Å². The number of benzene rings is 1.